The van der Waals surface area contributed by atoms with Gasteiger partial charge in [0.15, 0.2) is 0 Å². The SMILES string of the molecule is COCc1ccccc1CNC(C)CN1CCCC1. The average molecular weight is 262 g/mol. The van der Waals surface area contributed by atoms with Crippen molar-refractivity contribution >= 4 is 0 Å². The Hall–Kier alpha value is -0.900. The van der Waals surface area contributed by atoms with Crippen LogP contribution in [0.5, 0.6) is 0 Å². The molecule has 106 valence electrons. The van der Waals surface area contributed by atoms with Crippen molar-refractivity contribution in [2.75, 3.05) is 26.7 Å². The third-order valence-corrected chi connectivity index (χ3v) is 3.79. The highest BCUT2D eigenvalue weighted by Crippen LogP contribution is 2.11. The monoisotopic (exact) mass is 262 g/mol. The number of likely N-dealkylation sites (tertiary alicyclic amines) is 1. The molecular formula is C16H26N2O. The van der Waals surface area contributed by atoms with Crippen molar-refractivity contribution in [2.45, 2.75) is 39.0 Å². The molecule has 3 heteroatoms. The molecule has 0 bridgehead atoms. The van der Waals surface area contributed by atoms with Crippen molar-refractivity contribution < 1.29 is 4.74 Å². The Morgan fingerprint density at radius 2 is 1.89 bits per heavy atom. The van der Waals surface area contributed by atoms with Gasteiger partial charge in [-0.2, -0.15) is 0 Å². The Morgan fingerprint density at radius 3 is 2.58 bits per heavy atom. The molecule has 3 nitrogen and oxygen atoms in total. The Bertz CT molecular complexity index is 375. The van der Waals surface area contributed by atoms with Gasteiger partial charge in [-0.1, -0.05) is 24.3 Å². The highest BCUT2D eigenvalue weighted by Gasteiger charge is 2.14. The molecule has 1 unspecified atom stereocenters. The van der Waals surface area contributed by atoms with Crippen molar-refractivity contribution in [1.82, 2.24) is 10.2 Å². The lowest BCUT2D eigenvalue weighted by atomic mass is 10.1. The van der Waals surface area contributed by atoms with Crippen molar-refractivity contribution in [1.29, 1.82) is 0 Å². The number of hydrogen-bond donors (Lipinski definition) is 1. The maximum Gasteiger partial charge on any atom is 0.0716 e. The minimum atomic E-state index is 0.536. The molecule has 0 aliphatic carbocycles. The van der Waals surface area contributed by atoms with Crippen molar-refractivity contribution in [2.24, 2.45) is 0 Å². The van der Waals surface area contributed by atoms with Crippen LogP contribution in [0.2, 0.25) is 0 Å². The topological polar surface area (TPSA) is 24.5 Å². The van der Waals surface area contributed by atoms with Gasteiger partial charge in [-0.3, -0.25) is 0 Å². The van der Waals surface area contributed by atoms with E-state index in [0.29, 0.717) is 12.6 Å². The number of methoxy groups -OCH3 is 1. The first-order valence-electron chi connectivity index (χ1n) is 7.31. The fourth-order valence-electron chi connectivity index (χ4n) is 2.73. The summed E-state index contributed by atoms with van der Waals surface area (Å²) in [5.74, 6) is 0. The zero-order valence-corrected chi connectivity index (χ0v) is 12.2. The lowest BCUT2D eigenvalue weighted by Gasteiger charge is -2.21. The predicted octanol–water partition coefficient (Wildman–Crippen LogP) is 2.41. The Kier molecular flexibility index (Phi) is 5.83. The molecule has 1 fully saturated rings. The lowest BCUT2D eigenvalue weighted by molar-refractivity contribution is 0.184. The Balaban J connectivity index is 1.80. The standard InChI is InChI=1S/C16H26N2O/c1-14(12-18-9-5-6-10-18)17-11-15-7-3-4-8-16(15)13-19-2/h3-4,7-8,14,17H,5-6,9-13H2,1-2H3. The molecule has 1 saturated heterocycles. The maximum atomic E-state index is 5.25. The van der Waals surface area contributed by atoms with Crippen LogP contribution in [0.25, 0.3) is 0 Å². The van der Waals surface area contributed by atoms with Gasteiger partial charge in [-0.15, -0.1) is 0 Å². The summed E-state index contributed by atoms with van der Waals surface area (Å²) in [6.45, 7) is 7.59. The number of ether oxygens (including phenoxy) is 1. The molecule has 0 radical (unpaired) electrons. The predicted molar refractivity (Wildman–Crippen MR) is 79.1 cm³/mol. The molecule has 0 amide bonds. The third kappa shape index (κ3) is 4.60. The number of hydrogen-bond acceptors (Lipinski definition) is 3. The Morgan fingerprint density at radius 1 is 1.21 bits per heavy atom. The molecule has 1 N–H and O–H groups in total. The van der Waals surface area contributed by atoms with Crippen LogP contribution in [0.1, 0.15) is 30.9 Å². The van der Waals surface area contributed by atoms with Gasteiger partial charge in [0.1, 0.15) is 0 Å². The van der Waals surface area contributed by atoms with Crippen LogP contribution in [0.4, 0.5) is 0 Å². The van der Waals surface area contributed by atoms with E-state index in [9.17, 15) is 0 Å². The largest absolute Gasteiger partial charge is 0.380 e. The van der Waals surface area contributed by atoms with E-state index in [0.717, 1.165) is 13.1 Å². The van der Waals surface area contributed by atoms with Crippen LogP contribution >= 0.6 is 0 Å². The zero-order chi connectivity index (χ0) is 13.5. The van der Waals surface area contributed by atoms with Gasteiger partial charge in [-0.25, -0.2) is 0 Å². The molecule has 0 aromatic heterocycles. The van der Waals surface area contributed by atoms with Gasteiger partial charge in [0.05, 0.1) is 6.61 Å². The summed E-state index contributed by atoms with van der Waals surface area (Å²) in [7, 11) is 1.75. The van der Waals surface area contributed by atoms with Crippen LogP contribution in [0.3, 0.4) is 0 Å². The molecule has 1 aliphatic rings. The third-order valence-electron chi connectivity index (χ3n) is 3.79. The summed E-state index contributed by atoms with van der Waals surface area (Å²) in [4.78, 5) is 2.55. The van der Waals surface area contributed by atoms with Gasteiger partial charge in [-0.05, 0) is 44.0 Å². The normalized spacial score (nSPS) is 17.8. The number of nitrogens with one attached hydrogen (secondary N) is 1. The van der Waals surface area contributed by atoms with E-state index in [2.05, 4.69) is 41.4 Å². The van der Waals surface area contributed by atoms with Crippen LogP contribution in [0, 0.1) is 0 Å². The van der Waals surface area contributed by atoms with Gasteiger partial charge in [0.25, 0.3) is 0 Å². The fourth-order valence-corrected chi connectivity index (χ4v) is 2.73. The number of benzene rings is 1. The molecule has 19 heavy (non-hydrogen) atoms. The second kappa shape index (κ2) is 7.63. The summed E-state index contributed by atoms with van der Waals surface area (Å²) in [6.07, 6.45) is 2.73. The quantitative estimate of drug-likeness (QED) is 0.816. The van der Waals surface area contributed by atoms with Crippen LogP contribution in [0.15, 0.2) is 24.3 Å². The highest BCUT2D eigenvalue weighted by atomic mass is 16.5. The van der Waals surface area contributed by atoms with Crippen LogP contribution in [-0.4, -0.2) is 37.7 Å². The maximum absolute atomic E-state index is 5.25. The molecule has 1 aromatic rings. The minimum Gasteiger partial charge on any atom is -0.380 e. The fraction of sp³-hybridized carbons (Fsp3) is 0.625. The first-order chi connectivity index (χ1) is 9.29. The van der Waals surface area contributed by atoms with Gasteiger partial charge in [0, 0.05) is 26.2 Å². The van der Waals surface area contributed by atoms with Gasteiger partial charge in [0.2, 0.25) is 0 Å². The van der Waals surface area contributed by atoms with E-state index >= 15 is 0 Å². The van der Waals surface area contributed by atoms with E-state index in [1.54, 1.807) is 7.11 Å². The summed E-state index contributed by atoms with van der Waals surface area (Å²) in [6, 6.07) is 9.04. The molecule has 2 rings (SSSR count). The smallest absolute Gasteiger partial charge is 0.0716 e. The van der Waals surface area contributed by atoms with E-state index in [-0.39, 0.29) is 0 Å². The van der Waals surface area contributed by atoms with Gasteiger partial charge < -0.3 is 15.0 Å². The molecule has 1 aromatic carbocycles. The zero-order valence-electron chi connectivity index (χ0n) is 12.2. The second-order valence-electron chi connectivity index (χ2n) is 5.49. The van der Waals surface area contributed by atoms with Crippen LogP contribution < -0.4 is 5.32 Å². The van der Waals surface area contributed by atoms with Crippen molar-refractivity contribution in [3.05, 3.63) is 35.4 Å². The lowest BCUT2D eigenvalue weighted by Crippen LogP contribution is -2.37. The second-order valence-corrected chi connectivity index (χ2v) is 5.49. The number of rotatable bonds is 7. The summed E-state index contributed by atoms with van der Waals surface area (Å²) in [5, 5.41) is 3.63. The Labute approximate surface area is 116 Å². The molecular weight excluding hydrogens is 236 g/mol. The van der Waals surface area contributed by atoms with E-state index in [1.807, 2.05) is 0 Å². The van der Waals surface area contributed by atoms with Gasteiger partial charge >= 0.3 is 0 Å². The van der Waals surface area contributed by atoms with E-state index in [4.69, 9.17) is 4.74 Å². The molecule has 1 aliphatic heterocycles. The molecule has 1 atom stereocenters. The van der Waals surface area contributed by atoms with E-state index < -0.39 is 0 Å². The number of nitrogens with zero attached hydrogens (tertiary/aromatic N) is 1. The summed E-state index contributed by atoms with van der Waals surface area (Å²) in [5.41, 5.74) is 2.63. The van der Waals surface area contributed by atoms with E-state index in [1.165, 1.54) is 37.1 Å². The summed E-state index contributed by atoms with van der Waals surface area (Å²) >= 11 is 0. The molecule has 0 spiro atoms. The molecule has 0 saturated carbocycles. The minimum absolute atomic E-state index is 0.536. The molecule has 1 heterocycles. The van der Waals surface area contributed by atoms with Crippen molar-refractivity contribution in [3.8, 4) is 0 Å². The van der Waals surface area contributed by atoms with Crippen molar-refractivity contribution in [3.63, 3.8) is 0 Å². The average Bonchev–Trinajstić information content (AvgIpc) is 2.91. The first kappa shape index (κ1) is 14.5. The first-order valence-corrected chi connectivity index (χ1v) is 7.31. The summed E-state index contributed by atoms with van der Waals surface area (Å²) < 4.78 is 5.25. The van der Waals surface area contributed by atoms with Crippen LogP contribution in [-0.2, 0) is 17.9 Å². The highest BCUT2D eigenvalue weighted by molar-refractivity contribution is 5.26.